The van der Waals surface area contributed by atoms with Crippen molar-refractivity contribution in [2.45, 2.75) is 39.8 Å². The van der Waals surface area contributed by atoms with Gasteiger partial charge in [-0.05, 0) is 39.4 Å². The van der Waals surface area contributed by atoms with E-state index in [1.165, 1.54) is 0 Å². The molecule has 0 aromatic carbocycles. The second kappa shape index (κ2) is 5.12. The molecule has 1 atom stereocenters. The Morgan fingerprint density at radius 3 is 2.73 bits per heavy atom. The molecule has 1 aromatic heterocycles. The molecule has 3 heteroatoms. The fourth-order valence-electron chi connectivity index (χ4n) is 1.42. The molecule has 15 heavy (non-hydrogen) atoms. The topological polar surface area (TPSA) is 36.4 Å². The van der Waals surface area contributed by atoms with Gasteiger partial charge in [-0.3, -0.25) is 9.88 Å². The molecule has 0 aliphatic rings. The lowest BCUT2D eigenvalue weighted by molar-refractivity contribution is 0.237. The molecular weight excluding hydrogens is 188 g/mol. The zero-order chi connectivity index (χ0) is 11.4. The lowest BCUT2D eigenvalue weighted by atomic mass is 10.2. The van der Waals surface area contributed by atoms with E-state index in [9.17, 15) is 5.11 Å². The number of aromatic hydroxyl groups is 1. The molecule has 1 rings (SSSR count). The molecule has 0 aliphatic carbocycles. The van der Waals surface area contributed by atoms with Crippen molar-refractivity contribution in [3.63, 3.8) is 0 Å². The van der Waals surface area contributed by atoms with Gasteiger partial charge in [0.2, 0.25) is 0 Å². The van der Waals surface area contributed by atoms with Crippen molar-refractivity contribution in [1.82, 2.24) is 9.88 Å². The van der Waals surface area contributed by atoms with E-state index in [4.69, 9.17) is 0 Å². The lowest BCUT2D eigenvalue weighted by Crippen LogP contribution is -2.28. The van der Waals surface area contributed by atoms with Crippen LogP contribution in [0.15, 0.2) is 12.1 Å². The minimum absolute atomic E-state index is 0.288. The third kappa shape index (κ3) is 3.20. The van der Waals surface area contributed by atoms with E-state index >= 15 is 0 Å². The second-order valence-corrected chi connectivity index (χ2v) is 4.09. The summed E-state index contributed by atoms with van der Waals surface area (Å²) in [5.74, 6) is 0.288. The van der Waals surface area contributed by atoms with Crippen molar-refractivity contribution < 1.29 is 5.11 Å². The SMILES string of the molecule is CCC(C)N(C)Cc1nc(C)ccc1O. The van der Waals surface area contributed by atoms with Gasteiger partial charge in [0.15, 0.2) is 0 Å². The lowest BCUT2D eigenvalue weighted by Gasteiger charge is -2.23. The zero-order valence-electron chi connectivity index (χ0n) is 9.99. The number of aryl methyl sites for hydroxylation is 1. The van der Waals surface area contributed by atoms with E-state index in [2.05, 4.69) is 30.8 Å². The maximum atomic E-state index is 9.65. The minimum Gasteiger partial charge on any atom is -0.506 e. The van der Waals surface area contributed by atoms with Gasteiger partial charge in [0.05, 0.1) is 5.69 Å². The Bertz CT molecular complexity index is 325. The van der Waals surface area contributed by atoms with Gasteiger partial charge in [0.25, 0.3) is 0 Å². The quantitative estimate of drug-likeness (QED) is 0.825. The molecule has 1 unspecified atom stereocenters. The van der Waals surface area contributed by atoms with Crippen LogP contribution < -0.4 is 0 Å². The molecule has 3 nitrogen and oxygen atoms in total. The van der Waals surface area contributed by atoms with Crippen molar-refractivity contribution in [2.24, 2.45) is 0 Å². The Balaban J connectivity index is 2.75. The normalized spacial score (nSPS) is 13.1. The summed E-state index contributed by atoms with van der Waals surface area (Å²) < 4.78 is 0. The highest BCUT2D eigenvalue weighted by Gasteiger charge is 2.11. The van der Waals surface area contributed by atoms with Crippen LogP contribution in [0.5, 0.6) is 5.75 Å². The number of nitrogens with zero attached hydrogens (tertiary/aromatic N) is 2. The van der Waals surface area contributed by atoms with Crippen LogP contribution in [0.4, 0.5) is 0 Å². The number of aromatic nitrogens is 1. The Hall–Kier alpha value is -1.09. The first kappa shape index (κ1) is 12.0. The van der Waals surface area contributed by atoms with Gasteiger partial charge in [-0.2, -0.15) is 0 Å². The summed E-state index contributed by atoms with van der Waals surface area (Å²) in [7, 11) is 2.05. The van der Waals surface area contributed by atoms with E-state index in [0.717, 1.165) is 17.8 Å². The number of hydrogen-bond acceptors (Lipinski definition) is 3. The Labute approximate surface area is 91.8 Å². The minimum atomic E-state index is 0.288. The summed E-state index contributed by atoms with van der Waals surface area (Å²) in [5, 5.41) is 9.65. The van der Waals surface area contributed by atoms with Gasteiger partial charge < -0.3 is 5.11 Å². The average Bonchev–Trinajstić information content (AvgIpc) is 2.22. The van der Waals surface area contributed by atoms with Crippen LogP contribution in [0.1, 0.15) is 31.7 Å². The monoisotopic (exact) mass is 208 g/mol. The van der Waals surface area contributed by atoms with Crippen LogP contribution in [0.2, 0.25) is 0 Å². The van der Waals surface area contributed by atoms with Crippen LogP contribution in [0.3, 0.4) is 0 Å². The predicted molar refractivity (Wildman–Crippen MR) is 61.9 cm³/mol. The summed E-state index contributed by atoms with van der Waals surface area (Å²) >= 11 is 0. The van der Waals surface area contributed by atoms with Crippen molar-refractivity contribution in [2.75, 3.05) is 7.05 Å². The first-order chi connectivity index (χ1) is 7.04. The van der Waals surface area contributed by atoms with E-state index in [0.29, 0.717) is 12.6 Å². The van der Waals surface area contributed by atoms with Gasteiger partial charge >= 0.3 is 0 Å². The van der Waals surface area contributed by atoms with Gasteiger partial charge in [0.1, 0.15) is 5.75 Å². The number of rotatable bonds is 4. The van der Waals surface area contributed by atoms with Crippen molar-refractivity contribution >= 4 is 0 Å². The fraction of sp³-hybridized carbons (Fsp3) is 0.583. The number of pyridine rings is 1. The second-order valence-electron chi connectivity index (χ2n) is 4.09. The van der Waals surface area contributed by atoms with Gasteiger partial charge in [-0.15, -0.1) is 0 Å². The molecule has 1 heterocycles. The summed E-state index contributed by atoms with van der Waals surface area (Å²) in [6, 6.07) is 4.04. The smallest absolute Gasteiger partial charge is 0.138 e. The third-order valence-electron chi connectivity index (χ3n) is 2.83. The molecule has 0 saturated heterocycles. The fourth-order valence-corrected chi connectivity index (χ4v) is 1.42. The van der Waals surface area contributed by atoms with E-state index in [-0.39, 0.29) is 5.75 Å². The van der Waals surface area contributed by atoms with Crippen molar-refractivity contribution in [3.05, 3.63) is 23.5 Å². The highest BCUT2D eigenvalue weighted by molar-refractivity contribution is 5.27. The van der Waals surface area contributed by atoms with Gasteiger partial charge in [-0.1, -0.05) is 6.92 Å². The van der Waals surface area contributed by atoms with E-state index in [1.807, 2.05) is 13.0 Å². The first-order valence-electron chi connectivity index (χ1n) is 5.40. The Kier molecular flexibility index (Phi) is 4.09. The van der Waals surface area contributed by atoms with E-state index < -0.39 is 0 Å². The highest BCUT2D eigenvalue weighted by Crippen LogP contribution is 2.17. The summed E-state index contributed by atoms with van der Waals surface area (Å²) in [6.07, 6.45) is 1.10. The standard InChI is InChI=1S/C12H20N2O/c1-5-10(3)14(4)8-11-12(15)7-6-9(2)13-11/h6-7,10,15H,5,8H2,1-4H3. The molecule has 0 saturated carbocycles. The molecule has 0 bridgehead atoms. The zero-order valence-corrected chi connectivity index (χ0v) is 9.99. The molecule has 0 amide bonds. The highest BCUT2D eigenvalue weighted by atomic mass is 16.3. The molecule has 0 radical (unpaired) electrons. The number of hydrogen-bond donors (Lipinski definition) is 1. The van der Waals surface area contributed by atoms with Crippen LogP contribution in [0.25, 0.3) is 0 Å². The molecule has 1 aromatic rings. The van der Waals surface area contributed by atoms with Crippen LogP contribution in [-0.4, -0.2) is 28.1 Å². The molecular formula is C12H20N2O. The summed E-state index contributed by atoms with van der Waals surface area (Å²) in [4.78, 5) is 6.53. The molecule has 0 fully saturated rings. The molecule has 1 N–H and O–H groups in total. The maximum Gasteiger partial charge on any atom is 0.138 e. The maximum absolute atomic E-state index is 9.65. The van der Waals surface area contributed by atoms with E-state index in [1.54, 1.807) is 6.07 Å². The molecule has 0 aliphatic heterocycles. The van der Waals surface area contributed by atoms with Crippen LogP contribution in [0, 0.1) is 6.92 Å². The van der Waals surface area contributed by atoms with Crippen molar-refractivity contribution in [1.29, 1.82) is 0 Å². The largest absolute Gasteiger partial charge is 0.506 e. The Morgan fingerprint density at radius 2 is 2.13 bits per heavy atom. The van der Waals surface area contributed by atoms with Crippen LogP contribution >= 0.6 is 0 Å². The third-order valence-corrected chi connectivity index (χ3v) is 2.83. The molecule has 84 valence electrons. The van der Waals surface area contributed by atoms with Gasteiger partial charge in [-0.25, -0.2) is 0 Å². The Morgan fingerprint density at radius 1 is 1.47 bits per heavy atom. The van der Waals surface area contributed by atoms with Crippen LogP contribution in [-0.2, 0) is 6.54 Å². The average molecular weight is 208 g/mol. The van der Waals surface area contributed by atoms with Crippen molar-refractivity contribution in [3.8, 4) is 5.75 Å². The van der Waals surface area contributed by atoms with Gasteiger partial charge in [0, 0.05) is 18.3 Å². The summed E-state index contributed by atoms with van der Waals surface area (Å²) in [5.41, 5.74) is 1.71. The predicted octanol–water partition coefficient (Wildman–Crippen LogP) is 2.33. The molecule has 0 spiro atoms. The summed E-state index contributed by atoms with van der Waals surface area (Å²) in [6.45, 7) is 6.96. The first-order valence-corrected chi connectivity index (χ1v) is 5.40.